The van der Waals surface area contributed by atoms with Crippen molar-refractivity contribution in [1.29, 1.82) is 0 Å². The van der Waals surface area contributed by atoms with E-state index in [1.165, 1.54) is 11.0 Å². The number of aromatic nitrogens is 4. The zero-order chi connectivity index (χ0) is 19.3. The van der Waals surface area contributed by atoms with Gasteiger partial charge in [0.05, 0.1) is 5.69 Å². The zero-order valence-electron chi connectivity index (χ0n) is 15.0. The molecule has 1 aliphatic heterocycles. The van der Waals surface area contributed by atoms with Crippen LogP contribution in [-0.4, -0.2) is 68.0 Å². The van der Waals surface area contributed by atoms with Gasteiger partial charge >= 0.3 is 0 Å². The summed E-state index contributed by atoms with van der Waals surface area (Å²) < 4.78 is 1.53. The molecule has 1 fully saturated rings. The summed E-state index contributed by atoms with van der Waals surface area (Å²) in [6.45, 7) is 2.10. The molecule has 2 amide bonds. The first-order chi connectivity index (χ1) is 13.7. The van der Waals surface area contributed by atoms with Crippen molar-refractivity contribution in [2.24, 2.45) is 0 Å². The Balaban J connectivity index is 1.33. The predicted molar refractivity (Wildman–Crippen MR) is 105 cm³/mol. The van der Waals surface area contributed by atoms with Gasteiger partial charge in [-0.3, -0.25) is 9.59 Å². The Morgan fingerprint density at radius 1 is 1.00 bits per heavy atom. The molecule has 0 saturated carbocycles. The lowest BCUT2D eigenvalue weighted by Gasteiger charge is -2.34. The molecule has 4 rings (SSSR count). The lowest BCUT2D eigenvalue weighted by atomic mass is 10.1. The number of carbonyl (C=O) groups is 2. The number of benzene rings is 1. The van der Waals surface area contributed by atoms with Crippen molar-refractivity contribution < 1.29 is 9.59 Å². The highest BCUT2D eigenvalue weighted by atomic mass is 32.1. The first-order valence-electron chi connectivity index (χ1n) is 8.84. The molecule has 142 valence electrons. The summed E-state index contributed by atoms with van der Waals surface area (Å²) in [6.07, 6.45) is 4.93. The van der Waals surface area contributed by atoms with Crippen molar-refractivity contribution in [3.05, 3.63) is 64.6 Å². The lowest BCUT2D eigenvalue weighted by Crippen LogP contribution is -2.50. The lowest BCUT2D eigenvalue weighted by molar-refractivity contribution is -0.127. The van der Waals surface area contributed by atoms with E-state index in [0.29, 0.717) is 31.7 Å². The van der Waals surface area contributed by atoms with Gasteiger partial charge in [-0.1, -0.05) is 6.07 Å². The quantitative estimate of drug-likeness (QED) is 0.629. The number of rotatable bonds is 4. The molecule has 28 heavy (non-hydrogen) atoms. The summed E-state index contributed by atoms with van der Waals surface area (Å²) in [5.41, 5.74) is 1.39. The second-order valence-electron chi connectivity index (χ2n) is 6.27. The van der Waals surface area contributed by atoms with Crippen LogP contribution < -0.4 is 0 Å². The van der Waals surface area contributed by atoms with Gasteiger partial charge in [0.15, 0.2) is 0 Å². The first kappa shape index (κ1) is 18.1. The third kappa shape index (κ3) is 3.99. The number of tetrazole rings is 1. The number of hydrogen-bond donors (Lipinski definition) is 0. The third-order valence-electron chi connectivity index (χ3n) is 4.54. The van der Waals surface area contributed by atoms with Crippen LogP contribution in [0.25, 0.3) is 11.8 Å². The SMILES string of the molecule is O=C(C=Cc1cccs1)N1CCN(C(=O)c2ccc(-n3cnnn3)cc2)CC1. The minimum atomic E-state index is -0.0375. The monoisotopic (exact) mass is 394 g/mol. The molecular weight excluding hydrogens is 376 g/mol. The molecule has 0 N–H and O–H groups in total. The molecule has 0 atom stereocenters. The second-order valence-corrected chi connectivity index (χ2v) is 7.25. The summed E-state index contributed by atoms with van der Waals surface area (Å²) >= 11 is 1.59. The van der Waals surface area contributed by atoms with E-state index in [1.807, 2.05) is 23.6 Å². The second kappa shape index (κ2) is 8.13. The molecule has 1 saturated heterocycles. The summed E-state index contributed by atoms with van der Waals surface area (Å²) in [7, 11) is 0. The normalized spacial score (nSPS) is 14.6. The van der Waals surface area contributed by atoms with E-state index in [0.717, 1.165) is 10.6 Å². The largest absolute Gasteiger partial charge is 0.336 e. The molecule has 0 aliphatic carbocycles. The van der Waals surface area contributed by atoms with Crippen molar-refractivity contribution in [1.82, 2.24) is 30.0 Å². The maximum Gasteiger partial charge on any atom is 0.253 e. The molecule has 9 heteroatoms. The first-order valence-corrected chi connectivity index (χ1v) is 9.72. The van der Waals surface area contributed by atoms with E-state index in [9.17, 15) is 9.59 Å². The Hall–Kier alpha value is -3.33. The van der Waals surface area contributed by atoms with Gasteiger partial charge in [-0.25, -0.2) is 4.68 Å². The number of thiophene rings is 1. The van der Waals surface area contributed by atoms with Gasteiger partial charge in [-0.15, -0.1) is 16.4 Å². The average Bonchev–Trinajstić information content (AvgIpc) is 3.46. The zero-order valence-corrected chi connectivity index (χ0v) is 15.8. The van der Waals surface area contributed by atoms with Crippen LogP contribution in [0.15, 0.2) is 54.2 Å². The van der Waals surface area contributed by atoms with Crippen LogP contribution in [0.2, 0.25) is 0 Å². The molecule has 8 nitrogen and oxygen atoms in total. The van der Waals surface area contributed by atoms with E-state index in [4.69, 9.17) is 0 Å². The van der Waals surface area contributed by atoms with Crippen LogP contribution in [0.4, 0.5) is 0 Å². The summed E-state index contributed by atoms with van der Waals surface area (Å²) in [6, 6.07) is 11.1. The van der Waals surface area contributed by atoms with Crippen molar-refractivity contribution in [3.63, 3.8) is 0 Å². The topological polar surface area (TPSA) is 84.2 Å². The fourth-order valence-electron chi connectivity index (χ4n) is 2.99. The van der Waals surface area contributed by atoms with Crippen LogP contribution in [0.5, 0.6) is 0 Å². The van der Waals surface area contributed by atoms with Crippen LogP contribution in [-0.2, 0) is 4.79 Å². The van der Waals surface area contributed by atoms with Gasteiger partial charge in [-0.05, 0) is 52.2 Å². The maximum absolute atomic E-state index is 12.7. The molecular formula is C19H18N6O2S. The summed E-state index contributed by atoms with van der Waals surface area (Å²) in [5.74, 6) is -0.0595. The smallest absolute Gasteiger partial charge is 0.253 e. The highest BCUT2D eigenvalue weighted by molar-refractivity contribution is 7.10. The van der Waals surface area contributed by atoms with Gasteiger partial charge in [0.25, 0.3) is 5.91 Å². The minimum absolute atomic E-state index is 0.0220. The maximum atomic E-state index is 12.7. The van der Waals surface area contributed by atoms with E-state index in [-0.39, 0.29) is 11.8 Å². The van der Waals surface area contributed by atoms with Gasteiger partial charge in [0, 0.05) is 42.7 Å². The van der Waals surface area contributed by atoms with Crippen LogP contribution >= 0.6 is 11.3 Å². The fourth-order valence-corrected chi connectivity index (χ4v) is 3.61. The van der Waals surface area contributed by atoms with Crippen molar-refractivity contribution >= 4 is 29.2 Å². The molecule has 3 heterocycles. The minimum Gasteiger partial charge on any atom is -0.336 e. The Morgan fingerprint density at radius 2 is 1.75 bits per heavy atom. The van der Waals surface area contributed by atoms with Gasteiger partial charge in [-0.2, -0.15) is 0 Å². The summed E-state index contributed by atoms with van der Waals surface area (Å²) in [4.78, 5) is 29.6. The van der Waals surface area contributed by atoms with E-state index in [2.05, 4.69) is 15.5 Å². The van der Waals surface area contributed by atoms with Crippen LogP contribution in [0, 0.1) is 0 Å². The standard InChI is InChI=1S/C19H18N6O2S/c26-18(8-7-17-2-1-13-28-17)23-9-11-24(12-10-23)19(27)15-3-5-16(6-4-15)25-14-20-21-22-25/h1-8,13-14H,9-12H2. The predicted octanol–water partition coefficient (Wildman–Crippen LogP) is 1.72. The molecule has 0 radical (unpaired) electrons. The molecule has 1 aliphatic rings. The molecule has 3 aromatic rings. The number of hydrogen-bond acceptors (Lipinski definition) is 6. The Bertz CT molecular complexity index is 959. The number of amides is 2. The highest BCUT2D eigenvalue weighted by Crippen LogP contribution is 2.14. The third-order valence-corrected chi connectivity index (χ3v) is 5.38. The van der Waals surface area contributed by atoms with Crippen LogP contribution in [0.1, 0.15) is 15.2 Å². The Kier molecular flexibility index (Phi) is 5.24. The molecule has 0 spiro atoms. The van der Waals surface area contributed by atoms with Crippen molar-refractivity contribution in [2.45, 2.75) is 0 Å². The fraction of sp³-hybridized carbons (Fsp3) is 0.211. The van der Waals surface area contributed by atoms with Gasteiger partial charge in [0.2, 0.25) is 5.91 Å². The van der Waals surface area contributed by atoms with E-state index >= 15 is 0 Å². The van der Waals surface area contributed by atoms with Crippen molar-refractivity contribution in [3.8, 4) is 5.69 Å². The molecule has 2 aromatic heterocycles. The number of piperazine rings is 1. The number of nitrogens with zero attached hydrogens (tertiary/aromatic N) is 6. The number of carbonyl (C=O) groups excluding carboxylic acids is 2. The summed E-state index contributed by atoms with van der Waals surface area (Å²) in [5, 5.41) is 13.0. The van der Waals surface area contributed by atoms with Gasteiger partial charge in [0.1, 0.15) is 6.33 Å². The Labute approximate surface area is 165 Å². The van der Waals surface area contributed by atoms with E-state index in [1.54, 1.807) is 51.5 Å². The molecule has 0 bridgehead atoms. The average molecular weight is 394 g/mol. The van der Waals surface area contributed by atoms with Gasteiger partial charge < -0.3 is 9.80 Å². The Morgan fingerprint density at radius 3 is 2.39 bits per heavy atom. The molecule has 1 aromatic carbocycles. The van der Waals surface area contributed by atoms with Crippen molar-refractivity contribution in [2.75, 3.05) is 26.2 Å². The van der Waals surface area contributed by atoms with E-state index < -0.39 is 0 Å². The highest BCUT2D eigenvalue weighted by Gasteiger charge is 2.24. The molecule has 0 unspecified atom stereocenters. The van der Waals surface area contributed by atoms with Crippen LogP contribution in [0.3, 0.4) is 0 Å².